The van der Waals surface area contributed by atoms with Crippen molar-refractivity contribution in [2.24, 2.45) is 5.92 Å². The molecule has 6 nitrogen and oxygen atoms in total. The molecule has 4 rings (SSSR count). The maximum Gasteiger partial charge on any atom is 0.259 e. The predicted molar refractivity (Wildman–Crippen MR) is 95.9 cm³/mol. The molecule has 2 aromatic heterocycles. The average Bonchev–Trinajstić information content (AvgIpc) is 3.22. The highest BCUT2D eigenvalue weighted by molar-refractivity contribution is 6.06. The Hall–Kier alpha value is -2.89. The van der Waals surface area contributed by atoms with Crippen LogP contribution in [0.2, 0.25) is 0 Å². The lowest BCUT2D eigenvalue weighted by atomic mass is 10.1. The Labute approximate surface area is 146 Å². The quantitative estimate of drug-likeness (QED) is 0.775. The number of anilines is 1. The van der Waals surface area contributed by atoms with Gasteiger partial charge in [0.05, 0.1) is 23.5 Å². The number of nitrogens with zero attached hydrogens (tertiary/aromatic N) is 4. The zero-order valence-electron chi connectivity index (χ0n) is 14.4. The van der Waals surface area contributed by atoms with Crippen LogP contribution in [0.4, 0.5) is 5.82 Å². The largest absolute Gasteiger partial charge is 0.306 e. The zero-order valence-corrected chi connectivity index (χ0v) is 14.4. The molecule has 1 aliphatic carbocycles. The van der Waals surface area contributed by atoms with E-state index in [1.165, 1.54) is 12.8 Å². The molecule has 128 valence electrons. The van der Waals surface area contributed by atoms with Gasteiger partial charge < -0.3 is 5.32 Å². The highest BCUT2D eigenvalue weighted by Crippen LogP contribution is 2.40. The Morgan fingerprint density at radius 2 is 2.04 bits per heavy atom. The number of carbonyl (C=O) groups is 1. The van der Waals surface area contributed by atoms with Crippen LogP contribution in [0.3, 0.4) is 0 Å². The molecule has 1 atom stereocenters. The van der Waals surface area contributed by atoms with Crippen LogP contribution in [0.25, 0.3) is 5.69 Å². The SMILES string of the molecule is Cc1cnn(C(C)C2CC2)c1NC(=O)c1ccccc1-n1cccn1. The Balaban J connectivity index is 1.65. The minimum absolute atomic E-state index is 0.154. The first kappa shape index (κ1) is 15.6. The van der Waals surface area contributed by atoms with Gasteiger partial charge in [-0.25, -0.2) is 9.36 Å². The van der Waals surface area contributed by atoms with Gasteiger partial charge in [0, 0.05) is 18.0 Å². The van der Waals surface area contributed by atoms with Crippen molar-refractivity contribution in [1.29, 1.82) is 0 Å². The normalized spacial score (nSPS) is 15.1. The maximum atomic E-state index is 12.9. The summed E-state index contributed by atoms with van der Waals surface area (Å²) < 4.78 is 3.65. The van der Waals surface area contributed by atoms with E-state index < -0.39 is 0 Å². The third-order valence-electron chi connectivity index (χ3n) is 4.80. The van der Waals surface area contributed by atoms with Gasteiger partial charge in [0.1, 0.15) is 5.82 Å². The van der Waals surface area contributed by atoms with Gasteiger partial charge in [0.15, 0.2) is 0 Å². The smallest absolute Gasteiger partial charge is 0.259 e. The highest BCUT2D eigenvalue weighted by atomic mass is 16.1. The second-order valence-electron chi connectivity index (χ2n) is 6.62. The number of amides is 1. The van der Waals surface area contributed by atoms with E-state index >= 15 is 0 Å². The molecule has 0 aliphatic heterocycles. The lowest BCUT2D eigenvalue weighted by Crippen LogP contribution is -2.20. The number of hydrogen-bond acceptors (Lipinski definition) is 3. The molecule has 2 heterocycles. The molecule has 1 saturated carbocycles. The Morgan fingerprint density at radius 3 is 2.76 bits per heavy atom. The molecular weight excluding hydrogens is 314 g/mol. The van der Waals surface area contributed by atoms with Crippen LogP contribution in [0, 0.1) is 12.8 Å². The molecule has 6 heteroatoms. The monoisotopic (exact) mass is 335 g/mol. The van der Waals surface area contributed by atoms with E-state index in [1.807, 2.05) is 54.3 Å². The van der Waals surface area contributed by atoms with Gasteiger partial charge in [0.25, 0.3) is 5.91 Å². The van der Waals surface area contributed by atoms with Gasteiger partial charge in [-0.2, -0.15) is 10.2 Å². The molecule has 25 heavy (non-hydrogen) atoms. The van der Waals surface area contributed by atoms with Gasteiger partial charge in [-0.1, -0.05) is 12.1 Å². The minimum atomic E-state index is -0.154. The van der Waals surface area contributed by atoms with Crippen molar-refractivity contribution in [1.82, 2.24) is 19.6 Å². The fraction of sp³-hybridized carbons (Fsp3) is 0.316. The van der Waals surface area contributed by atoms with Gasteiger partial charge in [0.2, 0.25) is 0 Å². The van der Waals surface area contributed by atoms with E-state index in [0.717, 1.165) is 17.1 Å². The first-order chi connectivity index (χ1) is 12.1. The summed E-state index contributed by atoms with van der Waals surface area (Å²) in [5, 5.41) is 11.8. The van der Waals surface area contributed by atoms with Gasteiger partial charge >= 0.3 is 0 Å². The van der Waals surface area contributed by atoms with Gasteiger partial charge in [-0.3, -0.25) is 4.79 Å². The van der Waals surface area contributed by atoms with Crippen molar-refractivity contribution >= 4 is 11.7 Å². The fourth-order valence-corrected chi connectivity index (χ4v) is 3.14. The number of rotatable bonds is 5. The van der Waals surface area contributed by atoms with Crippen LogP contribution < -0.4 is 5.32 Å². The van der Waals surface area contributed by atoms with E-state index in [0.29, 0.717) is 17.5 Å². The molecule has 1 N–H and O–H groups in total. The van der Waals surface area contributed by atoms with E-state index in [-0.39, 0.29) is 5.91 Å². The highest BCUT2D eigenvalue weighted by Gasteiger charge is 2.31. The second-order valence-corrected chi connectivity index (χ2v) is 6.62. The summed E-state index contributed by atoms with van der Waals surface area (Å²) >= 11 is 0. The predicted octanol–water partition coefficient (Wildman–Crippen LogP) is 3.60. The molecular formula is C19H21N5O. The average molecular weight is 335 g/mol. The number of para-hydroxylation sites is 1. The Bertz CT molecular complexity index is 892. The summed E-state index contributed by atoms with van der Waals surface area (Å²) in [5.74, 6) is 1.28. The molecule has 1 unspecified atom stereocenters. The first-order valence-electron chi connectivity index (χ1n) is 8.59. The standard InChI is InChI=1S/C19H21N5O/c1-13-12-21-24(14(2)15-8-9-15)18(13)22-19(25)16-6-3-4-7-17(16)23-11-5-10-20-23/h3-7,10-12,14-15H,8-9H2,1-2H3,(H,22,25). The number of aromatic nitrogens is 4. The van der Waals surface area contributed by atoms with E-state index in [4.69, 9.17) is 0 Å². The van der Waals surface area contributed by atoms with E-state index in [1.54, 1.807) is 10.9 Å². The third-order valence-corrected chi connectivity index (χ3v) is 4.80. The number of nitrogens with one attached hydrogen (secondary N) is 1. The molecule has 0 saturated heterocycles. The lowest BCUT2D eigenvalue weighted by molar-refractivity contribution is 0.102. The van der Waals surface area contributed by atoms with Crippen LogP contribution in [-0.4, -0.2) is 25.5 Å². The lowest BCUT2D eigenvalue weighted by Gasteiger charge is -2.17. The van der Waals surface area contributed by atoms with Crippen LogP contribution in [0.15, 0.2) is 48.9 Å². The molecule has 0 bridgehead atoms. The van der Waals surface area contributed by atoms with Crippen molar-refractivity contribution in [2.45, 2.75) is 32.7 Å². The maximum absolute atomic E-state index is 12.9. The fourth-order valence-electron chi connectivity index (χ4n) is 3.14. The summed E-state index contributed by atoms with van der Waals surface area (Å²) in [6.07, 6.45) is 7.81. The van der Waals surface area contributed by atoms with Crippen LogP contribution in [0.1, 0.15) is 41.7 Å². The Morgan fingerprint density at radius 1 is 1.24 bits per heavy atom. The van der Waals surface area contributed by atoms with E-state index in [9.17, 15) is 4.79 Å². The number of carbonyl (C=O) groups excluding carboxylic acids is 1. The molecule has 3 aromatic rings. The number of benzene rings is 1. The van der Waals surface area contributed by atoms with Crippen LogP contribution in [0.5, 0.6) is 0 Å². The number of aryl methyl sites for hydroxylation is 1. The topological polar surface area (TPSA) is 64.7 Å². The molecule has 1 amide bonds. The van der Waals surface area contributed by atoms with Crippen molar-refractivity contribution in [2.75, 3.05) is 5.32 Å². The number of hydrogen-bond donors (Lipinski definition) is 1. The van der Waals surface area contributed by atoms with Crippen molar-refractivity contribution < 1.29 is 4.79 Å². The van der Waals surface area contributed by atoms with Crippen molar-refractivity contribution in [3.63, 3.8) is 0 Å². The third kappa shape index (κ3) is 2.95. The summed E-state index contributed by atoms with van der Waals surface area (Å²) in [6, 6.07) is 9.60. The summed E-state index contributed by atoms with van der Waals surface area (Å²) in [6.45, 7) is 4.13. The molecule has 1 aromatic carbocycles. The summed E-state index contributed by atoms with van der Waals surface area (Å²) in [7, 11) is 0. The molecule has 1 fully saturated rings. The van der Waals surface area contributed by atoms with Crippen LogP contribution in [-0.2, 0) is 0 Å². The Kier molecular flexibility index (Phi) is 3.87. The first-order valence-corrected chi connectivity index (χ1v) is 8.59. The molecule has 0 radical (unpaired) electrons. The van der Waals surface area contributed by atoms with Crippen molar-refractivity contribution in [3.05, 3.63) is 60.0 Å². The molecule has 0 spiro atoms. The zero-order chi connectivity index (χ0) is 17.4. The van der Waals surface area contributed by atoms with E-state index in [2.05, 4.69) is 22.4 Å². The van der Waals surface area contributed by atoms with Crippen molar-refractivity contribution in [3.8, 4) is 5.69 Å². The van der Waals surface area contributed by atoms with Crippen LogP contribution >= 0.6 is 0 Å². The van der Waals surface area contributed by atoms with Gasteiger partial charge in [-0.15, -0.1) is 0 Å². The second kappa shape index (κ2) is 6.20. The molecule has 1 aliphatic rings. The van der Waals surface area contributed by atoms with Gasteiger partial charge in [-0.05, 0) is 50.8 Å². The summed E-state index contributed by atoms with van der Waals surface area (Å²) in [5.41, 5.74) is 2.30. The summed E-state index contributed by atoms with van der Waals surface area (Å²) in [4.78, 5) is 12.9. The minimum Gasteiger partial charge on any atom is -0.306 e.